The van der Waals surface area contributed by atoms with Crippen molar-refractivity contribution in [2.24, 2.45) is 0 Å². The van der Waals surface area contributed by atoms with E-state index < -0.39 is 0 Å². The van der Waals surface area contributed by atoms with Crippen LogP contribution in [-0.2, 0) is 11.3 Å². The summed E-state index contributed by atoms with van der Waals surface area (Å²) in [6.07, 6.45) is 0. The lowest BCUT2D eigenvalue weighted by atomic mass is 10.0. The van der Waals surface area contributed by atoms with Crippen LogP contribution in [0.5, 0.6) is 0 Å². The van der Waals surface area contributed by atoms with Gasteiger partial charge in [0.1, 0.15) is 0 Å². The van der Waals surface area contributed by atoms with Crippen LogP contribution in [-0.4, -0.2) is 54.8 Å². The van der Waals surface area contributed by atoms with Crippen LogP contribution in [0.3, 0.4) is 0 Å². The molecule has 26 heavy (non-hydrogen) atoms. The Morgan fingerprint density at radius 1 is 1.04 bits per heavy atom. The van der Waals surface area contributed by atoms with Crippen LogP contribution < -0.4 is 0 Å². The van der Waals surface area contributed by atoms with Gasteiger partial charge in [-0.1, -0.05) is 30.3 Å². The number of imide groups is 1. The number of hydrogen-bond donors (Lipinski definition) is 0. The number of rotatable bonds is 6. The van der Waals surface area contributed by atoms with Gasteiger partial charge in [0.25, 0.3) is 17.7 Å². The van der Waals surface area contributed by atoms with Gasteiger partial charge in [-0.2, -0.15) is 0 Å². The lowest BCUT2D eigenvalue weighted by Gasteiger charge is -2.23. The minimum Gasteiger partial charge on any atom is -0.383 e. The number of nitrogens with zero attached hydrogens (tertiary/aromatic N) is 2. The Balaban J connectivity index is 1.87. The predicted molar refractivity (Wildman–Crippen MR) is 95.9 cm³/mol. The first-order valence-electron chi connectivity index (χ1n) is 8.31. The molecule has 0 bridgehead atoms. The van der Waals surface area contributed by atoms with Crippen molar-refractivity contribution in [3.05, 3.63) is 70.8 Å². The first kappa shape index (κ1) is 17.8. The van der Waals surface area contributed by atoms with Crippen LogP contribution in [0, 0.1) is 0 Å². The fourth-order valence-electron chi connectivity index (χ4n) is 2.93. The summed E-state index contributed by atoms with van der Waals surface area (Å²) in [4.78, 5) is 39.9. The van der Waals surface area contributed by atoms with Crippen LogP contribution in [0.2, 0.25) is 0 Å². The van der Waals surface area contributed by atoms with E-state index in [1.165, 1.54) is 13.1 Å². The van der Waals surface area contributed by atoms with Gasteiger partial charge in [-0.15, -0.1) is 0 Å². The number of carbonyl (C=O) groups excluding carboxylic acids is 3. The summed E-state index contributed by atoms with van der Waals surface area (Å²) < 4.78 is 5.12. The molecule has 0 unspecified atom stereocenters. The maximum absolute atomic E-state index is 13.0. The normalized spacial score (nSPS) is 13.1. The molecule has 1 heterocycles. The Labute approximate surface area is 152 Å². The van der Waals surface area contributed by atoms with Crippen LogP contribution in [0.4, 0.5) is 0 Å². The zero-order valence-corrected chi connectivity index (χ0v) is 14.8. The highest BCUT2D eigenvalue weighted by Crippen LogP contribution is 2.23. The summed E-state index contributed by atoms with van der Waals surface area (Å²) in [5.74, 6) is -0.931. The molecule has 0 aromatic heterocycles. The standard InChI is InChI=1S/C20H20N2O4/c1-21-19(24)16-9-8-15(12-17(16)20(21)25)18(23)22(10-11-26-2)13-14-6-4-3-5-7-14/h3-9,12H,10-11,13H2,1-2H3. The number of ether oxygens (including phenoxy) is 1. The molecule has 6 heteroatoms. The first-order valence-corrected chi connectivity index (χ1v) is 8.31. The van der Waals surface area contributed by atoms with E-state index >= 15 is 0 Å². The molecule has 0 fully saturated rings. The van der Waals surface area contributed by atoms with Gasteiger partial charge in [-0.3, -0.25) is 19.3 Å². The summed E-state index contributed by atoms with van der Waals surface area (Å²) in [7, 11) is 3.02. The van der Waals surface area contributed by atoms with Gasteiger partial charge in [0.15, 0.2) is 0 Å². The molecule has 1 aliphatic rings. The molecule has 6 nitrogen and oxygen atoms in total. The van der Waals surface area contributed by atoms with E-state index in [0.717, 1.165) is 10.5 Å². The molecular formula is C20H20N2O4. The molecule has 134 valence electrons. The lowest BCUT2D eigenvalue weighted by molar-refractivity contribution is 0.0678. The topological polar surface area (TPSA) is 66.9 Å². The third kappa shape index (κ3) is 3.36. The maximum atomic E-state index is 13.0. The third-order valence-corrected chi connectivity index (χ3v) is 4.41. The van der Waals surface area contributed by atoms with Gasteiger partial charge >= 0.3 is 0 Å². The molecule has 1 aliphatic heterocycles. The minimum atomic E-state index is -0.383. The van der Waals surface area contributed by atoms with Crippen molar-refractivity contribution >= 4 is 17.7 Å². The molecule has 2 aromatic carbocycles. The fraction of sp³-hybridized carbons (Fsp3) is 0.250. The molecular weight excluding hydrogens is 332 g/mol. The Morgan fingerprint density at radius 3 is 2.42 bits per heavy atom. The highest BCUT2D eigenvalue weighted by atomic mass is 16.5. The Bertz CT molecular complexity index is 848. The van der Waals surface area contributed by atoms with Crippen LogP contribution in [0.1, 0.15) is 36.6 Å². The summed E-state index contributed by atoms with van der Waals surface area (Å²) in [6, 6.07) is 14.3. The second-order valence-corrected chi connectivity index (χ2v) is 6.13. The molecule has 0 saturated heterocycles. The second kappa shape index (κ2) is 7.49. The lowest BCUT2D eigenvalue weighted by Crippen LogP contribution is -2.33. The van der Waals surface area contributed by atoms with Gasteiger partial charge < -0.3 is 9.64 Å². The number of benzene rings is 2. The van der Waals surface area contributed by atoms with E-state index in [1.54, 1.807) is 24.1 Å². The molecule has 3 amide bonds. The Hall–Kier alpha value is -2.99. The minimum absolute atomic E-state index is 0.205. The van der Waals surface area contributed by atoms with Crippen molar-refractivity contribution in [1.29, 1.82) is 0 Å². The molecule has 0 aliphatic carbocycles. The van der Waals surface area contributed by atoms with Crippen molar-refractivity contribution in [2.75, 3.05) is 27.3 Å². The first-order chi connectivity index (χ1) is 12.5. The average Bonchev–Trinajstić information content (AvgIpc) is 2.89. The van der Waals surface area contributed by atoms with E-state index in [0.29, 0.717) is 30.8 Å². The summed E-state index contributed by atoms with van der Waals surface area (Å²) in [6.45, 7) is 1.27. The third-order valence-electron chi connectivity index (χ3n) is 4.41. The number of methoxy groups -OCH3 is 1. The number of carbonyl (C=O) groups is 3. The van der Waals surface area contributed by atoms with Crippen molar-refractivity contribution < 1.29 is 19.1 Å². The van der Waals surface area contributed by atoms with Crippen molar-refractivity contribution in [2.45, 2.75) is 6.54 Å². The number of hydrogen-bond acceptors (Lipinski definition) is 4. The monoisotopic (exact) mass is 352 g/mol. The molecule has 0 atom stereocenters. The predicted octanol–water partition coefficient (Wildman–Crippen LogP) is 2.20. The Morgan fingerprint density at radius 2 is 1.73 bits per heavy atom. The summed E-state index contributed by atoms with van der Waals surface area (Å²) >= 11 is 0. The highest BCUT2D eigenvalue weighted by molar-refractivity contribution is 6.21. The van der Waals surface area contributed by atoms with Crippen molar-refractivity contribution in [3.8, 4) is 0 Å². The SMILES string of the molecule is COCCN(Cc1ccccc1)C(=O)c1ccc2c(c1)C(=O)N(C)C2=O. The summed E-state index contributed by atoms with van der Waals surface area (Å²) in [5.41, 5.74) is 1.99. The van der Waals surface area contributed by atoms with Gasteiger partial charge in [0, 0.05) is 32.8 Å². The van der Waals surface area contributed by atoms with Crippen molar-refractivity contribution in [1.82, 2.24) is 9.80 Å². The van der Waals surface area contributed by atoms with Crippen LogP contribution in [0.25, 0.3) is 0 Å². The number of fused-ring (bicyclic) bond motifs is 1. The van der Waals surface area contributed by atoms with Crippen LogP contribution >= 0.6 is 0 Å². The average molecular weight is 352 g/mol. The zero-order valence-electron chi connectivity index (χ0n) is 14.8. The summed E-state index contributed by atoms with van der Waals surface area (Å²) in [5, 5.41) is 0. The maximum Gasteiger partial charge on any atom is 0.261 e. The molecule has 0 radical (unpaired) electrons. The molecule has 0 spiro atoms. The van der Waals surface area contributed by atoms with Gasteiger partial charge in [-0.05, 0) is 23.8 Å². The van der Waals surface area contributed by atoms with Crippen LogP contribution in [0.15, 0.2) is 48.5 Å². The van der Waals surface area contributed by atoms with E-state index in [1.807, 2.05) is 30.3 Å². The largest absolute Gasteiger partial charge is 0.383 e. The van der Waals surface area contributed by atoms with Gasteiger partial charge in [-0.25, -0.2) is 0 Å². The van der Waals surface area contributed by atoms with Gasteiger partial charge in [0.05, 0.1) is 17.7 Å². The van der Waals surface area contributed by atoms with E-state index in [2.05, 4.69) is 0 Å². The number of amides is 3. The van der Waals surface area contributed by atoms with E-state index in [9.17, 15) is 14.4 Å². The quantitative estimate of drug-likeness (QED) is 0.748. The smallest absolute Gasteiger partial charge is 0.261 e. The highest BCUT2D eigenvalue weighted by Gasteiger charge is 2.33. The molecule has 3 rings (SSSR count). The zero-order chi connectivity index (χ0) is 18.7. The fourth-order valence-corrected chi connectivity index (χ4v) is 2.93. The van der Waals surface area contributed by atoms with Gasteiger partial charge in [0.2, 0.25) is 0 Å². The second-order valence-electron chi connectivity index (χ2n) is 6.13. The van der Waals surface area contributed by atoms with E-state index in [4.69, 9.17) is 4.74 Å². The Kier molecular flexibility index (Phi) is 5.14. The van der Waals surface area contributed by atoms with E-state index in [-0.39, 0.29) is 23.3 Å². The van der Waals surface area contributed by atoms with Crippen molar-refractivity contribution in [3.63, 3.8) is 0 Å². The molecule has 2 aromatic rings. The molecule has 0 N–H and O–H groups in total. The molecule has 0 saturated carbocycles.